The highest BCUT2D eigenvalue weighted by Gasteiger charge is 2.45. The number of benzene rings is 1. The van der Waals surface area contributed by atoms with Crippen molar-refractivity contribution in [3.63, 3.8) is 0 Å². The van der Waals surface area contributed by atoms with Gasteiger partial charge in [0.25, 0.3) is 0 Å². The molecule has 41 heavy (non-hydrogen) atoms. The zero-order valence-electron chi connectivity index (χ0n) is 26.0. The number of hydrogen-bond donors (Lipinski definition) is 1. The van der Waals surface area contributed by atoms with Crippen LogP contribution in [0.5, 0.6) is 0 Å². The Balaban J connectivity index is 2.08. The molecule has 1 aliphatic rings. The molecule has 0 bridgehead atoms. The highest BCUT2D eigenvalue weighted by molar-refractivity contribution is 5.85. The third-order valence-electron chi connectivity index (χ3n) is 7.37. The molecule has 0 saturated heterocycles. The second-order valence-corrected chi connectivity index (χ2v) is 12.3. The van der Waals surface area contributed by atoms with Crippen molar-refractivity contribution in [3.8, 4) is 0 Å². The number of esters is 2. The number of carbonyl (C=O) groups excluding carboxylic acids is 3. The van der Waals surface area contributed by atoms with Crippen LogP contribution in [-0.2, 0) is 39.9 Å². The molecule has 232 valence electrons. The van der Waals surface area contributed by atoms with E-state index in [1.54, 1.807) is 0 Å². The molecule has 8 nitrogen and oxygen atoms in total. The summed E-state index contributed by atoms with van der Waals surface area (Å²) in [5.41, 5.74) is -0.251. The third-order valence-corrected chi connectivity index (χ3v) is 7.37. The Labute approximate surface area is 247 Å². The number of amides is 1. The van der Waals surface area contributed by atoms with Crippen molar-refractivity contribution < 1.29 is 33.3 Å². The van der Waals surface area contributed by atoms with Crippen LogP contribution >= 0.6 is 0 Å². The van der Waals surface area contributed by atoms with E-state index in [-0.39, 0.29) is 37.4 Å². The summed E-state index contributed by atoms with van der Waals surface area (Å²) in [7, 11) is 0. The SMILES string of the molecule is CCCCOCCOC(=O)CC(COCc1ccccc1)NC(=O)C1(CC(CCC)C(=O)OC(C)(C)C)CCCC1. The highest BCUT2D eigenvalue weighted by atomic mass is 16.6. The molecular formula is C33H53NO7. The van der Waals surface area contributed by atoms with Gasteiger partial charge in [-0.25, -0.2) is 0 Å². The summed E-state index contributed by atoms with van der Waals surface area (Å²) in [6, 6.07) is 9.22. The van der Waals surface area contributed by atoms with Crippen LogP contribution in [0.4, 0.5) is 0 Å². The van der Waals surface area contributed by atoms with Crippen molar-refractivity contribution in [2.45, 2.75) is 117 Å². The number of carbonyl (C=O) groups is 3. The van der Waals surface area contributed by atoms with Gasteiger partial charge in [0.15, 0.2) is 0 Å². The number of unbranched alkanes of at least 4 members (excludes halogenated alkanes) is 1. The number of hydrogen-bond acceptors (Lipinski definition) is 7. The van der Waals surface area contributed by atoms with Crippen LogP contribution < -0.4 is 5.32 Å². The maximum Gasteiger partial charge on any atom is 0.309 e. The molecule has 1 amide bonds. The smallest absolute Gasteiger partial charge is 0.309 e. The number of ether oxygens (including phenoxy) is 4. The lowest BCUT2D eigenvalue weighted by Gasteiger charge is -2.34. The van der Waals surface area contributed by atoms with Gasteiger partial charge in [0.05, 0.1) is 43.6 Å². The lowest BCUT2D eigenvalue weighted by Crippen LogP contribution is -2.48. The second kappa shape index (κ2) is 18.2. The van der Waals surface area contributed by atoms with Gasteiger partial charge in [0.1, 0.15) is 12.2 Å². The fourth-order valence-electron chi connectivity index (χ4n) is 5.29. The minimum Gasteiger partial charge on any atom is -0.463 e. The molecule has 1 N–H and O–H groups in total. The Kier molecular flexibility index (Phi) is 15.4. The summed E-state index contributed by atoms with van der Waals surface area (Å²) in [4.78, 5) is 39.7. The molecule has 8 heteroatoms. The van der Waals surface area contributed by atoms with Crippen molar-refractivity contribution in [2.24, 2.45) is 11.3 Å². The zero-order chi connectivity index (χ0) is 30.1. The Bertz CT molecular complexity index is 906. The molecule has 1 aromatic carbocycles. The van der Waals surface area contributed by atoms with Crippen molar-refractivity contribution in [1.82, 2.24) is 5.32 Å². The lowest BCUT2D eigenvalue weighted by molar-refractivity contribution is -0.162. The summed E-state index contributed by atoms with van der Waals surface area (Å²) in [6.45, 7) is 11.4. The van der Waals surface area contributed by atoms with Crippen LogP contribution in [0.1, 0.15) is 104 Å². The standard InChI is InChI=1S/C33H53NO7/c1-6-8-19-38-20-21-40-29(35)22-28(25-39-24-26-15-10-9-11-16-26)34-31(37)33(17-12-13-18-33)23-27(14-7-2)30(36)41-32(3,4)5/h9-11,15-16,27-28H,6-8,12-14,17-25H2,1-5H3,(H,34,37). The van der Waals surface area contributed by atoms with Gasteiger partial charge in [-0.15, -0.1) is 0 Å². The molecule has 1 aliphatic carbocycles. The molecule has 1 fully saturated rings. The third kappa shape index (κ3) is 13.4. The van der Waals surface area contributed by atoms with Gasteiger partial charge in [-0.3, -0.25) is 14.4 Å². The predicted octanol–water partition coefficient (Wildman–Crippen LogP) is 6.15. The van der Waals surface area contributed by atoms with E-state index in [1.165, 1.54) is 0 Å². The minimum absolute atomic E-state index is 0.00394. The molecule has 1 saturated carbocycles. The van der Waals surface area contributed by atoms with E-state index in [1.807, 2.05) is 58.0 Å². The maximum atomic E-state index is 13.9. The molecule has 2 unspecified atom stereocenters. The van der Waals surface area contributed by atoms with Gasteiger partial charge in [0.2, 0.25) is 5.91 Å². The van der Waals surface area contributed by atoms with Gasteiger partial charge in [0, 0.05) is 6.61 Å². The van der Waals surface area contributed by atoms with Crippen molar-refractivity contribution in [1.29, 1.82) is 0 Å². The molecule has 2 atom stereocenters. The summed E-state index contributed by atoms with van der Waals surface area (Å²) < 4.78 is 22.5. The topological polar surface area (TPSA) is 100 Å². The van der Waals surface area contributed by atoms with Crippen LogP contribution in [0.2, 0.25) is 0 Å². The first-order valence-corrected chi connectivity index (χ1v) is 15.5. The van der Waals surface area contributed by atoms with Crippen molar-refractivity contribution in [2.75, 3.05) is 26.4 Å². The first-order valence-electron chi connectivity index (χ1n) is 15.5. The van der Waals surface area contributed by atoms with Gasteiger partial charge >= 0.3 is 11.9 Å². The Morgan fingerprint density at radius 3 is 2.29 bits per heavy atom. The lowest BCUT2D eigenvalue weighted by atomic mass is 9.75. The molecule has 0 spiro atoms. The van der Waals surface area contributed by atoms with Crippen molar-refractivity contribution in [3.05, 3.63) is 35.9 Å². The fraction of sp³-hybridized carbons (Fsp3) is 0.727. The Hall–Kier alpha value is -2.45. The first kappa shape index (κ1) is 34.7. The van der Waals surface area contributed by atoms with Crippen LogP contribution in [-0.4, -0.2) is 55.9 Å². The second-order valence-electron chi connectivity index (χ2n) is 12.3. The van der Waals surface area contributed by atoms with Gasteiger partial charge in [-0.2, -0.15) is 0 Å². The summed E-state index contributed by atoms with van der Waals surface area (Å²) in [6.07, 6.45) is 7.21. The van der Waals surface area contributed by atoms with Crippen LogP contribution in [0.25, 0.3) is 0 Å². The molecule has 0 radical (unpaired) electrons. The molecule has 2 rings (SSSR count). The van der Waals surface area contributed by atoms with E-state index in [2.05, 4.69) is 12.2 Å². The molecule has 1 aromatic rings. The van der Waals surface area contributed by atoms with Gasteiger partial charge in [-0.05, 0) is 58.4 Å². The summed E-state index contributed by atoms with van der Waals surface area (Å²) in [5, 5.41) is 3.12. The number of nitrogens with one attached hydrogen (secondary N) is 1. The highest BCUT2D eigenvalue weighted by Crippen LogP contribution is 2.45. The molecule has 0 heterocycles. The number of rotatable bonds is 19. The molecule has 0 aromatic heterocycles. The van der Waals surface area contributed by atoms with E-state index in [0.29, 0.717) is 45.5 Å². The van der Waals surface area contributed by atoms with E-state index in [9.17, 15) is 14.4 Å². The van der Waals surface area contributed by atoms with E-state index < -0.39 is 23.0 Å². The zero-order valence-corrected chi connectivity index (χ0v) is 26.0. The maximum absolute atomic E-state index is 13.9. The fourth-order valence-corrected chi connectivity index (χ4v) is 5.29. The Morgan fingerprint density at radius 2 is 1.66 bits per heavy atom. The predicted molar refractivity (Wildman–Crippen MR) is 159 cm³/mol. The van der Waals surface area contributed by atoms with E-state index in [4.69, 9.17) is 18.9 Å². The first-order chi connectivity index (χ1) is 19.6. The summed E-state index contributed by atoms with van der Waals surface area (Å²) in [5.74, 6) is -1.13. The van der Waals surface area contributed by atoms with Crippen molar-refractivity contribution >= 4 is 17.8 Å². The van der Waals surface area contributed by atoms with Crippen LogP contribution in [0, 0.1) is 11.3 Å². The average molecular weight is 576 g/mol. The quantitative estimate of drug-likeness (QED) is 0.156. The largest absolute Gasteiger partial charge is 0.463 e. The molecule has 0 aliphatic heterocycles. The van der Waals surface area contributed by atoms with E-state index in [0.717, 1.165) is 37.7 Å². The van der Waals surface area contributed by atoms with Gasteiger partial charge < -0.3 is 24.3 Å². The van der Waals surface area contributed by atoms with Crippen LogP contribution in [0.15, 0.2) is 30.3 Å². The van der Waals surface area contributed by atoms with Gasteiger partial charge in [-0.1, -0.05) is 69.9 Å². The average Bonchev–Trinajstić information content (AvgIpc) is 3.40. The summed E-state index contributed by atoms with van der Waals surface area (Å²) >= 11 is 0. The van der Waals surface area contributed by atoms with Crippen LogP contribution in [0.3, 0.4) is 0 Å². The molecular weight excluding hydrogens is 522 g/mol. The monoisotopic (exact) mass is 575 g/mol. The Morgan fingerprint density at radius 1 is 0.951 bits per heavy atom. The normalized spacial score (nSPS) is 16.1. The van der Waals surface area contributed by atoms with E-state index >= 15 is 0 Å². The minimum atomic E-state index is -0.675.